The smallest absolute Gasteiger partial charge is 0.333 e. The normalized spacial score (nSPS) is 18.6. The Morgan fingerprint density at radius 1 is 0.812 bits per heavy atom. The van der Waals surface area contributed by atoms with Crippen molar-refractivity contribution < 1.29 is 33.6 Å². The van der Waals surface area contributed by atoms with Gasteiger partial charge in [-0.15, -0.1) is 0 Å². The molecule has 2 aliphatic rings. The zero-order chi connectivity index (χ0) is 46.3. The van der Waals surface area contributed by atoms with Gasteiger partial charge in [0, 0.05) is 64.7 Å². The SMILES string of the molecule is C=C/C=C1Cc2cc(N)cc(c2OCCC)Cc2cccc(c2OCCC)Cc2cc(N)cc(c2OCCC)C/C=C/1OCCC.Cc1cn([C@H]2C[C@H](C)[C@@H](C(=O)O)O2)c(=O)[nH]c1=O. The van der Waals surface area contributed by atoms with Crippen molar-refractivity contribution >= 4 is 17.3 Å². The number of aliphatic carboxylic acids is 1. The topological polar surface area (TPSA) is 190 Å². The van der Waals surface area contributed by atoms with E-state index >= 15 is 0 Å². The second kappa shape index (κ2) is 23.5. The molecule has 0 unspecified atom stereocenters. The molecule has 0 saturated carbocycles. The van der Waals surface area contributed by atoms with Gasteiger partial charge in [0.25, 0.3) is 5.56 Å². The number of hydrogen-bond acceptors (Lipinski definition) is 10. The number of para-hydroxylation sites is 1. The van der Waals surface area contributed by atoms with Crippen LogP contribution in [0.3, 0.4) is 0 Å². The number of aryl methyl sites for hydroxylation is 1. The van der Waals surface area contributed by atoms with Crippen molar-refractivity contribution in [2.24, 2.45) is 5.92 Å². The van der Waals surface area contributed by atoms with Crippen LogP contribution in [0, 0.1) is 12.8 Å². The van der Waals surface area contributed by atoms with Gasteiger partial charge in [0.2, 0.25) is 0 Å². The number of aromatic nitrogens is 2. The number of fused-ring (bicyclic) bond motifs is 6. The standard InChI is InChI=1S/C40H52N2O4.C11H14N2O5/c1-6-12-28-21-32-25-36(42)27-34(40(32)46-20-10-5)23-30-14-11-13-29(38(30)44-18-8-3)22-33-26-35(41)24-31(39(33)45-19-9-4)15-16-37(28)43-17-7-2;1-5-3-7(18-8(5)10(15)16)13-4-6(2)9(14)12-11(13)17/h6,11-14,16,24-27H,1,7-10,15,17-23,41-42H2,2-5H3;4-5,7-8H,3H2,1-2H3,(H,15,16)(H,12,14,17)/b28-12-,37-16-;/t;5-,7+,8-/m.0/s1. The van der Waals surface area contributed by atoms with Crippen molar-refractivity contribution in [2.75, 3.05) is 37.9 Å². The van der Waals surface area contributed by atoms with Crippen molar-refractivity contribution in [3.05, 3.63) is 145 Å². The van der Waals surface area contributed by atoms with E-state index in [2.05, 4.69) is 63.5 Å². The number of nitrogens with two attached hydrogens (primary N) is 2. The molecule has 2 heterocycles. The Labute approximate surface area is 376 Å². The van der Waals surface area contributed by atoms with Gasteiger partial charge >= 0.3 is 11.7 Å². The molecule has 13 heteroatoms. The molecule has 6 rings (SSSR count). The number of carboxylic acids is 1. The number of carboxylic acid groups (broad SMARTS) is 1. The maximum atomic E-state index is 11.6. The van der Waals surface area contributed by atoms with Crippen LogP contribution in [0.5, 0.6) is 17.2 Å². The number of nitrogens with zero attached hydrogens (tertiary/aromatic N) is 1. The number of aromatic amines is 1. The molecule has 1 saturated heterocycles. The van der Waals surface area contributed by atoms with Crippen LogP contribution in [0.4, 0.5) is 11.4 Å². The maximum Gasteiger partial charge on any atom is 0.333 e. The van der Waals surface area contributed by atoms with E-state index in [9.17, 15) is 14.4 Å². The van der Waals surface area contributed by atoms with Crippen LogP contribution >= 0.6 is 0 Å². The van der Waals surface area contributed by atoms with Crippen LogP contribution in [-0.4, -0.2) is 53.2 Å². The second-order valence-corrected chi connectivity index (χ2v) is 16.4. The Balaban J connectivity index is 0.000000355. The lowest BCUT2D eigenvalue weighted by molar-refractivity contribution is -0.153. The van der Waals surface area contributed by atoms with Crippen molar-refractivity contribution in [1.82, 2.24) is 9.55 Å². The number of benzene rings is 3. The van der Waals surface area contributed by atoms with Gasteiger partial charge in [-0.05, 0) is 98.4 Å². The molecule has 1 aliphatic carbocycles. The van der Waals surface area contributed by atoms with Crippen molar-refractivity contribution in [2.45, 2.75) is 112 Å². The highest BCUT2D eigenvalue weighted by Gasteiger charge is 2.38. The molecule has 4 aromatic rings. The van der Waals surface area contributed by atoms with Gasteiger partial charge in [0.1, 0.15) is 29.2 Å². The Morgan fingerprint density at radius 3 is 1.83 bits per heavy atom. The molecule has 3 atom stereocenters. The van der Waals surface area contributed by atoms with Gasteiger partial charge < -0.3 is 40.3 Å². The molecule has 1 fully saturated rings. The molecule has 64 heavy (non-hydrogen) atoms. The molecule has 13 nitrogen and oxygen atoms in total. The maximum absolute atomic E-state index is 11.6. The van der Waals surface area contributed by atoms with E-state index in [-0.39, 0.29) is 5.92 Å². The first kappa shape index (κ1) is 48.8. The first-order valence-corrected chi connectivity index (χ1v) is 22.5. The second-order valence-electron chi connectivity index (χ2n) is 16.4. The minimum absolute atomic E-state index is 0.188. The summed E-state index contributed by atoms with van der Waals surface area (Å²) in [7, 11) is 0. The van der Waals surface area contributed by atoms with E-state index in [0.717, 1.165) is 87.6 Å². The third kappa shape index (κ3) is 12.5. The molecule has 0 radical (unpaired) electrons. The quantitative estimate of drug-likeness (QED) is 0.0836. The minimum atomic E-state index is -1.04. The fourth-order valence-electron chi connectivity index (χ4n) is 7.96. The van der Waals surface area contributed by atoms with Crippen LogP contribution in [0.25, 0.3) is 0 Å². The molecule has 344 valence electrons. The fourth-order valence-corrected chi connectivity index (χ4v) is 7.96. The predicted molar refractivity (Wildman–Crippen MR) is 253 cm³/mol. The van der Waals surface area contributed by atoms with Crippen molar-refractivity contribution in [1.29, 1.82) is 0 Å². The van der Waals surface area contributed by atoms with Crippen LogP contribution in [-0.2, 0) is 40.0 Å². The number of allylic oxidation sites excluding steroid dienone is 4. The lowest BCUT2D eigenvalue weighted by Gasteiger charge is -2.22. The number of anilines is 2. The van der Waals surface area contributed by atoms with E-state index in [1.807, 2.05) is 36.4 Å². The van der Waals surface area contributed by atoms with E-state index in [1.165, 1.54) is 10.8 Å². The zero-order valence-electron chi connectivity index (χ0n) is 38.3. The molecule has 0 amide bonds. The molecule has 1 aromatic heterocycles. The van der Waals surface area contributed by atoms with E-state index < -0.39 is 29.6 Å². The van der Waals surface area contributed by atoms with Crippen LogP contribution < -0.4 is 36.9 Å². The number of ether oxygens (including phenoxy) is 5. The summed E-state index contributed by atoms with van der Waals surface area (Å²) >= 11 is 0. The average Bonchev–Trinajstić information content (AvgIpc) is 3.65. The summed E-state index contributed by atoms with van der Waals surface area (Å²) in [5, 5.41) is 8.95. The van der Waals surface area contributed by atoms with Gasteiger partial charge in [-0.1, -0.05) is 71.5 Å². The van der Waals surface area contributed by atoms with E-state index in [0.29, 0.717) is 75.5 Å². The third-order valence-corrected chi connectivity index (χ3v) is 10.9. The summed E-state index contributed by atoms with van der Waals surface area (Å²) in [5.74, 6) is 2.22. The molecule has 3 aromatic carbocycles. The Hall–Kier alpha value is -6.21. The predicted octanol–water partition coefficient (Wildman–Crippen LogP) is 8.77. The summed E-state index contributed by atoms with van der Waals surface area (Å²) in [6.07, 6.45) is 12.2. The van der Waals surface area contributed by atoms with Gasteiger partial charge in [-0.3, -0.25) is 14.3 Å². The molecule has 6 bridgehead atoms. The Bertz CT molecular complexity index is 2430. The monoisotopic (exact) mass is 878 g/mol. The van der Waals surface area contributed by atoms with Gasteiger partial charge in [0.15, 0.2) is 6.10 Å². The highest BCUT2D eigenvalue weighted by molar-refractivity contribution is 5.73. The number of carbonyl (C=O) groups is 1. The van der Waals surface area contributed by atoms with Gasteiger partial charge in [-0.25, -0.2) is 9.59 Å². The molecular formula is C51H66N4O9. The first-order valence-electron chi connectivity index (χ1n) is 22.5. The lowest BCUT2D eigenvalue weighted by Crippen LogP contribution is -2.33. The summed E-state index contributed by atoms with van der Waals surface area (Å²) in [5.41, 5.74) is 21.2. The number of nitrogens with one attached hydrogen (secondary N) is 1. The summed E-state index contributed by atoms with van der Waals surface area (Å²) in [6.45, 7) is 18.3. The third-order valence-electron chi connectivity index (χ3n) is 10.9. The number of hydrogen-bond donors (Lipinski definition) is 4. The van der Waals surface area contributed by atoms with Crippen molar-refractivity contribution in [3.8, 4) is 17.2 Å². The highest BCUT2D eigenvalue weighted by atomic mass is 16.5. The number of rotatable bonds is 15. The highest BCUT2D eigenvalue weighted by Crippen LogP contribution is 2.39. The Morgan fingerprint density at radius 2 is 1.31 bits per heavy atom. The number of H-pyrrole nitrogens is 1. The number of nitrogen functional groups attached to an aromatic ring is 2. The molecular weight excluding hydrogens is 813 g/mol. The first-order chi connectivity index (χ1) is 30.8. The zero-order valence-corrected chi connectivity index (χ0v) is 38.3. The minimum Gasteiger partial charge on any atom is -0.494 e. The fraction of sp³-hybridized carbons (Fsp3) is 0.431. The Kier molecular flexibility index (Phi) is 17.9. The summed E-state index contributed by atoms with van der Waals surface area (Å²) in [4.78, 5) is 36.0. The largest absolute Gasteiger partial charge is 0.494 e. The van der Waals surface area contributed by atoms with Gasteiger partial charge in [-0.2, -0.15) is 0 Å². The molecule has 6 N–H and O–H groups in total. The van der Waals surface area contributed by atoms with Crippen LogP contribution in [0.2, 0.25) is 0 Å². The molecule has 0 spiro atoms. The van der Waals surface area contributed by atoms with Crippen LogP contribution in [0.15, 0.2) is 94.4 Å². The van der Waals surface area contributed by atoms with E-state index in [4.69, 9.17) is 40.3 Å². The van der Waals surface area contributed by atoms with Crippen molar-refractivity contribution in [3.63, 3.8) is 0 Å². The molecule has 1 aliphatic heterocycles. The van der Waals surface area contributed by atoms with Crippen LogP contribution in [0.1, 0.15) is 112 Å². The average molecular weight is 879 g/mol. The summed E-state index contributed by atoms with van der Waals surface area (Å²) in [6, 6.07) is 14.5. The summed E-state index contributed by atoms with van der Waals surface area (Å²) < 4.78 is 32.5. The van der Waals surface area contributed by atoms with E-state index in [1.54, 1.807) is 13.8 Å². The van der Waals surface area contributed by atoms with Gasteiger partial charge in [0.05, 0.1) is 26.4 Å². The lowest BCUT2D eigenvalue weighted by atomic mass is 9.92.